The molecule has 2 aromatic carbocycles. The summed E-state index contributed by atoms with van der Waals surface area (Å²) in [6, 6.07) is 18.2. The highest BCUT2D eigenvalue weighted by Gasteiger charge is 2.05. The van der Waals surface area contributed by atoms with Gasteiger partial charge in [-0.05, 0) is 50.5 Å². The minimum atomic E-state index is 0.649. The highest BCUT2D eigenvalue weighted by molar-refractivity contribution is 5.85. The van der Waals surface area contributed by atoms with Crippen molar-refractivity contribution in [1.29, 1.82) is 5.26 Å². The summed E-state index contributed by atoms with van der Waals surface area (Å²) >= 11 is 0. The quantitative estimate of drug-likeness (QED) is 0.779. The van der Waals surface area contributed by atoms with Gasteiger partial charge in [0, 0.05) is 35.9 Å². The van der Waals surface area contributed by atoms with Gasteiger partial charge in [0.2, 0.25) is 0 Å². The van der Waals surface area contributed by atoms with Gasteiger partial charge in [0.05, 0.1) is 11.3 Å². The molecule has 3 rings (SSSR count). The molecule has 23 heavy (non-hydrogen) atoms. The van der Waals surface area contributed by atoms with Crippen molar-refractivity contribution >= 4 is 22.3 Å². The van der Waals surface area contributed by atoms with E-state index in [9.17, 15) is 5.26 Å². The lowest BCUT2D eigenvalue weighted by molar-refractivity contribution is 0.387. The number of nitrogens with one attached hydrogen (secondary N) is 1. The predicted octanol–water partition coefficient (Wildman–Crippen LogP) is 3.82. The molecule has 0 aliphatic carbocycles. The molecule has 0 amide bonds. The van der Waals surface area contributed by atoms with Crippen molar-refractivity contribution in [2.45, 2.75) is 6.54 Å². The fourth-order valence-corrected chi connectivity index (χ4v) is 2.63. The van der Waals surface area contributed by atoms with Crippen molar-refractivity contribution in [3.05, 3.63) is 60.3 Å². The van der Waals surface area contributed by atoms with Crippen LogP contribution < -0.4 is 5.32 Å². The van der Waals surface area contributed by atoms with E-state index in [1.54, 1.807) is 0 Å². The second-order valence-corrected chi connectivity index (χ2v) is 5.87. The number of anilines is 2. The van der Waals surface area contributed by atoms with Gasteiger partial charge in [0.15, 0.2) is 0 Å². The van der Waals surface area contributed by atoms with Crippen LogP contribution in [0.25, 0.3) is 10.9 Å². The number of para-hydroxylation sites is 1. The Kier molecular flexibility index (Phi) is 4.31. The lowest BCUT2D eigenvalue weighted by atomic mass is 10.1. The Hall–Kier alpha value is -2.77. The Balaban J connectivity index is 1.85. The molecule has 4 heteroatoms. The Bertz CT molecular complexity index is 855. The molecular weight excluding hydrogens is 284 g/mol. The van der Waals surface area contributed by atoms with Crippen molar-refractivity contribution in [2.75, 3.05) is 26.0 Å². The highest BCUT2D eigenvalue weighted by Crippen LogP contribution is 2.25. The second kappa shape index (κ2) is 6.55. The monoisotopic (exact) mass is 304 g/mol. The predicted molar refractivity (Wildman–Crippen MR) is 94.9 cm³/mol. The summed E-state index contributed by atoms with van der Waals surface area (Å²) in [5, 5.41) is 13.7. The van der Waals surface area contributed by atoms with Gasteiger partial charge in [0.1, 0.15) is 6.07 Å². The zero-order valence-electron chi connectivity index (χ0n) is 13.5. The average molecular weight is 304 g/mol. The van der Waals surface area contributed by atoms with Crippen LogP contribution in [0, 0.1) is 11.3 Å². The van der Waals surface area contributed by atoms with E-state index in [4.69, 9.17) is 0 Å². The molecule has 3 aromatic rings. The van der Waals surface area contributed by atoms with Crippen LogP contribution in [0.1, 0.15) is 5.56 Å². The number of benzene rings is 2. The molecule has 116 valence electrons. The highest BCUT2D eigenvalue weighted by atomic mass is 15.1. The summed E-state index contributed by atoms with van der Waals surface area (Å²) in [6.07, 6.45) is 2.13. The summed E-state index contributed by atoms with van der Waals surface area (Å²) < 4.78 is 2.27. The van der Waals surface area contributed by atoms with E-state index in [1.807, 2.05) is 24.3 Å². The maximum absolute atomic E-state index is 9.18. The number of likely N-dealkylation sites (N-methyl/N-ethyl adjacent to an activating group) is 1. The first-order valence-corrected chi connectivity index (χ1v) is 7.67. The van der Waals surface area contributed by atoms with Crippen molar-refractivity contribution in [3.8, 4) is 6.07 Å². The van der Waals surface area contributed by atoms with Gasteiger partial charge < -0.3 is 14.8 Å². The molecule has 4 nitrogen and oxygen atoms in total. The fourth-order valence-electron chi connectivity index (χ4n) is 2.63. The normalized spacial score (nSPS) is 10.9. The van der Waals surface area contributed by atoms with Crippen molar-refractivity contribution in [2.24, 2.45) is 0 Å². The van der Waals surface area contributed by atoms with Crippen molar-refractivity contribution in [3.63, 3.8) is 0 Å². The first-order valence-electron chi connectivity index (χ1n) is 7.67. The van der Waals surface area contributed by atoms with Gasteiger partial charge in [0.25, 0.3) is 0 Å². The van der Waals surface area contributed by atoms with E-state index in [0.717, 1.165) is 24.5 Å². The zero-order valence-corrected chi connectivity index (χ0v) is 13.5. The van der Waals surface area contributed by atoms with Crippen LogP contribution in [0.3, 0.4) is 0 Å². The third kappa shape index (κ3) is 3.36. The molecule has 0 fully saturated rings. The van der Waals surface area contributed by atoms with Gasteiger partial charge in [-0.2, -0.15) is 5.26 Å². The molecule has 1 N–H and O–H groups in total. The van der Waals surface area contributed by atoms with Crippen LogP contribution in [0.2, 0.25) is 0 Å². The Labute approximate surface area is 136 Å². The molecule has 0 aliphatic rings. The van der Waals surface area contributed by atoms with E-state index in [-0.39, 0.29) is 0 Å². The van der Waals surface area contributed by atoms with Gasteiger partial charge in [-0.15, -0.1) is 0 Å². The molecule has 0 radical (unpaired) electrons. The maximum Gasteiger partial charge on any atom is 0.101 e. The third-order valence-corrected chi connectivity index (χ3v) is 3.89. The summed E-state index contributed by atoms with van der Waals surface area (Å²) in [7, 11) is 4.17. The van der Waals surface area contributed by atoms with Gasteiger partial charge >= 0.3 is 0 Å². The van der Waals surface area contributed by atoms with Crippen molar-refractivity contribution < 1.29 is 0 Å². The van der Waals surface area contributed by atoms with E-state index >= 15 is 0 Å². The second-order valence-electron chi connectivity index (χ2n) is 5.87. The lowest BCUT2D eigenvalue weighted by Gasteiger charge is -2.12. The summed E-state index contributed by atoms with van der Waals surface area (Å²) in [4.78, 5) is 2.18. The van der Waals surface area contributed by atoms with Gasteiger partial charge in [-0.3, -0.25) is 0 Å². The Morgan fingerprint density at radius 3 is 2.74 bits per heavy atom. The third-order valence-electron chi connectivity index (χ3n) is 3.89. The molecule has 1 heterocycles. The van der Waals surface area contributed by atoms with E-state index in [0.29, 0.717) is 5.56 Å². The zero-order chi connectivity index (χ0) is 16.2. The van der Waals surface area contributed by atoms with Crippen LogP contribution in [0.15, 0.2) is 54.7 Å². The number of fused-ring (bicyclic) bond motifs is 1. The van der Waals surface area contributed by atoms with Crippen LogP contribution in [0.5, 0.6) is 0 Å². The molecule has 0 atom stereocenters. The van der Waals surface area contributed by atoms with Crippen LogP contribution >= 0.6 is 0 Å². The molecule has 0 bridgehead atoms. The molecular formula is C19H20N4. The van der Waals surface area contributed by atoms with E-state index in [1.165, 1.54) is 10.9 Å². The number of nitrogens with zero attached hydrogens (tertiary/aromatic N) is 3. The Morgan fingerprint density at radius 2 is 1.96 bits per heavy atom. The molecule has 0 saturated heterocycles. The fraction of sp³-hybridized carbons (Fsp3) is 0.211. The van der Waals surface area contributed by atoms with Gasteiger partial charge in [-0.25, -0.2) is 0 Å². The van der Waals surface area contributed by atoms with Crippen molar-refractivity contribution in [1.82, 2.24) is 9.47 Å². The number of aromatic nitrogens is 1. The van der Waals surface area contributed by atoms with E-state index in [2.05, 4.69) is 65.4 Å². The topological polar surface area (TPSA) is 44.0 Å². The molecule has 0 aliphatic heterocycles. The summed E-state index contributed by atoms with van der Waals surface area (Å²) in [5.41, 5.74) is 3.70. The first kappa shape index (κ1) is 15.1. The minimum Gasteiger partial charge on any atom is -0.354 e. The lowest BCUT2D eigenvalue weighted by Crippen LogP contribution is -2.17. The van der Waals surface area contributed by atoms with Crippen LogP contribution in [-0.2, 0) is 6.54 Å². The van der Waals surface area contributed by atoms with E-state index < -0.39 is 0 Å². The van der Waals surface area contributed by atoms with Crippen LogP contribution in [0.4, 0.5) is 11.4 Å². The molecule has 0 saturated carbocycles. The first-order chi connectivity index (χ1) is 11.2. The molecule has 0 unspecified atom stereocenters. The maximum atomic E-state index is 9.18. The molecule has 1 aromatic heterocycles. The molecule has 0 spiro atoms. The number of nitriles is 1. The minimum absolute atomic E-state index is 0.649. The van der Waals surface area contributed by atoms with Crippen LogP contribution in [-0.4, -0.2) is 30.1 Å². The van der Waals surface area contributed by atoms with Gasteiger partial charge in [-0.1, -0.05) is 12.1 Å². The number of rotatable bonds is 5. The summed E-state index contributed by atoms with van der Waals surface area (Å²) in [6.45, 7) is 1.99. The SMILES string of the molecule is CN(C)CCn1ccc2cc(Nc3ccccc3C#N)ccc21. The number of hydrogen-bond donors (Lipinski definition) is 1. The largest absolute Gasteiger partial charge is 0.354 e. The smallest absolute Gasteiger partial charge is 0.101 e. The average Bonchev–Trinajstić information content (AvgIpc) is 2.96. The standard InChI is InChI=1S/C19H20N4/c1-22(2)11-12-23-10-9-15-13-17(7-8-19(15)23)21-18-6-4-3-5-16(18)14-20/h3-10,13,21H,11-12H2,1-2H3. The number of hydrogen-bond acceptors (Lipinski definition) is 3. The Morgan fingerprint density at radius 1 is 1.13 bits per heavy atom. The summed E-state index contributed by atoms with van der Waals surface area (Å²) in [5.74, 6) is 0.